The molecule has 1 saturated carbocycles. The Morgan fingerprint density at radius 3 is 2.74 bits per heavy atom. The molecule has 180 valence electrons. The van der Waals surface area contributed by atoms with Crippen molar-refractivity contribution in [3.05, 3.63) is 77.1 Å². The van der Waals surface area contributed by atoms with Gasteiger partial charge in [0.05, 0.1) is 33.7 Å². The third kappa shape index (κ3) is 4.85. The van der Waals surface area contributed by atoms with Crippen molar-refractivity contribution in [2.75, 3.05) is 5.32 Å². The summed E-state index contributed by atoms with van der Waals surface area (Å²) in [5, 5.41) is 8.60. The number of aliphatic imine (C=N–C) groups is 1. The molecule has 0 unspecified atom stereocenters. The first-order chi connectivity index (χ1) is 16.9. The van der Waals surface area contributed by atoms with Crippen LogP contribution in [-0.4, -0.2) is 32.5 Å². The van der Waals surface area contributed by atoms with Crippen LogP contribution < -0.4 is 16.8 Å². The summed E-state index contributed by atoms with van der Waals surface area (Å²) in [5.41, 5.74) is 18.3. The van der Waals surface area contributed by atoms with Crippen molar-refractivity contribution >= 4 is 34.3 Å². The molecular weight excluding hydrogens is 465 g/mol. The molecule has 3 heterocycles. The van der Waals surface area contributed by atoms with E-state index in [1.807, 2.05) is 29.9 Å². The van der Waals surface area contributed by atoms with E-state index in [9.17, 15) is 4.39 Å². The molecule has 1 fully saturated rings. The molecule has 0 atom stereocenters. The molecular formula is C26H27ClFN7. The number of pyridine rings is 1. The number of benzene rings is 1. The minimum atomic E-state index is -0.435. The fraction of sp³-hybridized carbons (Fsp3) is 0.269. The topological polar surface area (TPSA) is 107 Å². The van der Waals surface area contributed by atoms with Crippen molar-refractivity contribution in [1.82, 2.24) is 14.6 Å². The maximum Gasteiger partial charge on any atom is 0.135 e. The van der Waals surface area contributed by atoms with Crippen molar-refractivity contribution in [1.29, 1.82) is 0 Å². The molecule has 9 heteroatoms. The van der Waals surface area contributed by atoms with Gasteiger partial charge in [-0.25, -0.2) is 13.9 Å². The number of nitrogens with zero attached hydrogens (tertiary/aromatic N) is 4. The molecule has 0 spiro atoms. The van der Waals surface area contributed by atoms with E-state index in [-0.39, 0.29) is 23.6 Å². The van der Waals surface area contributed by atoms with Crippen molar-refractivity contribution in [2.24, 2.45) is 16.5 Å². The largest absolute Gasteiger partial charge is 0.383 e. The van der Waals surface area contributed by atoms with Crippen LogP contribution in [0.15, 0.2) is 60.1 Å². The zero-order valence-corrected chi connectivity index (χ0v) is 20.1. The highest BCUT2D eigenvalue weighted by molar-refractivity contribution is 6.33. The van der Waals surface area contributed by atoms with E-state index in [2.05, 4.69) is 26.5 Å². The van der Waals surface area contributed by atoms with Gasteiger partial charge in [0.2, 0.25) is 0 Å². The van der Waals surface area contributed by atoms with E-state index in [0.29, 0.717) is 10.6 Å². The first kappa shape index (κ1) is 23.3. The van der Waals surface area contributed by atoms with Crippen molar-refractivity contribution < 1.29 is 4.39 Å². The van der Waals surface area contributed by atoms with Crippen LogP contribution in [0, 0.1) is 12.7 Å². The zero-order chi connectivity index (χ0) is 24.5. The number of aromatic nitrogens is 3. The SMILES string of the molecule is Cc1cnccc1-c1cc2c(NC3CCC(N)CC3)c(C(N)=Nc3cc(F)ccc3Cl)cnn2c1. The van der Waals surface area contributed by atoms with E-state index in [1.54, 1.807) is 12.4 Å². The van der Waals surface area contributed by atoms with Crippen LogP contribution in [0.1, 0.15) is 36.8 Å². The molecule has 0 aliphatic heterocycles. The Bertz CT molecular complexity index is 1410. The van der Waals surface area contributed by atoms with E-state index in [1.165, 1.54) is 18.2 Å². The van der Waals surface area contributed by atoms with Crippen LogP contribution in [0.25, 0.3) is 16.6 Å². The number of nitrogens with one attached hydrogen (secondary N) is 1. The Morgan fingerprint density at radius 1 is 1.17 bits per heavy atom. The fourth-order valence-electron chi connectivity index (χ4n) is 4.58. The summed E-state index contributed by atoms with van der Waals surface area (Å²) in [5.74, 6) is -0.235. The molecule has 1 aliphatic carbocycles. The molecule has 0 radical (unpaired) electrons. The van der Waals surface area contributed by atoms with E-state index >= 15 is 0 Å². The molecule has 0 bridgehead atoms. The number of anilines is 1. The highest BCUT2D eigenvalue weighted by atomic mass is 35.5. The first-order valence-corrected chi connectivity index (χ1v) is 12.0. The number of aryl methyl sites for hydroxylation is 1. The van der Waals surface area contributed by atoms with E-state index in [0.717, 1.165) is 53.6 Å². The lowest BCUT2D eigenvalue weighted by Gasteiger charge is -2.28. The number of nitrogens with two attached hydrogens (primary N) is 2. The number of amidine groups is 1. The third-order valence-corrected chi connectivity index (χ3v) is 6.83. The summed E-state index contributed by atoms with van der Waals surface area (Å²) >= 11 is 6.24. The van der Waals surface area contributed by atoms with Gasteiger partial charge in [-0.1, -0.05) is 11.6 Å². The number of halogens is 2. The molecule has 5 N–H and O–H groups in total. The predicted molar refractivity (Wildman–Crippen MR) is 139 cm³/mol. The number of hydrogen-bond acceptors (Lipinski definition) is 5. The summed E-state index contributed by atoms with van der Waals surface area (Å²) < 4.78 is 15.6. The number of rotatable bonds is 5. The average molecular weight is 492 g/mol. The molecule has 1 aliphatic rings. The summed E-state index contributed by atoms with van der Waals surface area (Å²) in [6.07, 6.45) is 11.1. The van der Waals surface area contributed by atoms with Crippen LogP contribution >= 0.6 is 11.6 Å². The third-order valence-electron chi connectivity index (χ3n) is 6.51. The Morgan fingerprint density at radius 2 is 1.97 bits per heavy atom. The van der Waals surface area contributed by atoms with Gasteiger partial charge in [0.1, 0.15) is 11.7 Å². The number of hydrogen-bond donors (Lipinski definition) is 3. The number of fused-ring (bicyclic) bond motifs is 1. The van der Waals surface area contributed by atoms with Gasteiger partial charge < -0.3 is 16.8 Å². The van der Waals surface area contributed by atoms with Crippen LogP contribution in [-0.2, 0) is 0 Å². The van der Waals surface area contributed by atoms with Gasteiger partial charge in [0.15, 0.2) is 0 Å². The standard InChI is InChI=1S/C26H27ClFN7/c1-15-12-31-9-8-20(15)16-10-24-25(33-19-5-3-18(29)4-6-19)21(13-32-35(24)14-16)26(30)34-23-11-17(28)2-7-22(23)27/h2,7-14,18-19,33H,3-6,29H2,1H3,(H2,30,34). The van der Waals surface area contributed by atoms with Gasteiger partial charge in [-0.05, 0) is 68.0 Å². The molecule has 3 aromatic heterocycles. The maximum absolute atomic E-state index is 13.8. The lowest BCUT2D eigenvalue weighted by molar-refractivity contribution is 0.411. The second kappa shape index (κ2) is 9.64. The summed E-state index contributed by atoms with van der Waals surface area (Å²) in [7, 11) is 0. The van der Waals surface area contributed by atoms with E-state index < -0.39 is 5.82 Å². The normalized spacial score (nSPS) is 18.7. The first-order valence-electron chi connectivity index (χ1n) is 11.6. The second-order valence-electron chi connectivity index (χ2n) is 9.03. The molecule has 4 aromatic rings. The Balaban J connectivity index is 1.62. The summed E-state index contributed by atoms with van der Waals surface area (Å²) in [6, 6.07) is 8.56. The van der Waals surface area contributed by atoms with Gasteiger partial charge in [-0.15, -0.1) is 0 Å². The Kier molecular flexibility index (Phi) is 6.40. The van der Waals surface area contributed by atoms with Crippen LogP contribution in [0.4, 0.5) is 15.8 Å². The van der Waals surface area contributed by atoms with Gasteiger partial charge in [-0.3, -0.25) is 4.98 Å². The Labute approximate surface area is 208 Å². The maximum atomic E-state index is 13.8. The summed E-state index contributed by atoms with van der Waals surface area (Å²) in [4.78, 5) is 8.65. The average Bonchev–Trinajstić information content (AvgIpc) is 3.28. The molecule has 7 nitrogen and oxygen atoms in total. The van der Waals surface area contributed by atoms with Crippen molar-refractivity contribution in [2.45, 2.75) is 44.7 Å². The smallest absolute Gasteiger partial charge is 0.135 e. The molecule has 0 amide bonds. The second-order valence-corrected chi connectivity index (χ2v) is 9.44. The molecule has 35 heavy (non-hydrogen) atoms. The van der Waals surface area contributed by atoms with Gasteiger partial charge in [0, 0.05) is 42.3 Å². The Hall–Kier alpha value is -3.49. The zero-order valence-electron chi connectivity index (χ0n) is 19.4. The molecule has 0 saturated heterocycles. The van der Waals surface area contributed by atoms with Crippen molar-refractivity contribution in [3.63, 3.8) is 0 Å². The fourth-order valence-corrected chi connectivity index (χ4v) is 4.74. The highest BCUT2D eigenvalue weighted by Crippen LogP contribution is 2.33. The van der Waals surface area contributed by atoms with Crippen LogP contribution in [0.3, 0.4) is 0 Å². The minimum Gasteiger partial charge on any atom is -0.383 e. The molecule has 5 rings (SSSR count). The van der Waals surface area contributed by atoms with Crippen molar-refractivity contribution in [3.8, 4) is 11.1 Å². The lowest BCUT2D eigenvalue weighted by atomic mass is 9.91. The minimum absolute atomic E-state index is 0.199. The van der Waals surface area contributed by atoms with Crippen LogP contribution in [0.2, 0.25) is 5.02 Å². The van der Waals surface area contributed by atoms with Gasteiger partial charge in [-0.2, -0.15) is 5.10 Å². The summed E-state index contributed by atoms with van der Waals surface area (Å²) in [6.45, 7) is 2.03. The van der Waals surface area contributed by atoms with Crippen LogP contribution in [0.5, 0.6) is 0 Å². The van der Waals surface area contributed by atoms with Gasteiger partial charge in [0.25, 0.3) is 0 Å². The van der Waals surface area contributed by atoms with Gasteiger partial charge >= 0.3 is 0 Å². The lowest BCUT2D eigenvalue weighted by Crippen LogP contribution is -2.33. The van der Waals surface area contributed by atoms with E-state index in [4.69, 9.17) is 23.1 Å². The monoisotopic (exact) mass is 491 g/mol. The highest BCUT2D eigenvalue weighted by Gasteiger charge is 2.22. The quantitative estimate of drug-likeness (QED) is 0.262. The predicted octanol–water partition coefficient (Wildman–Crippen LogP) is 5.22. The molecule has 1 aromatic carbocycles.